The van der Waals surface area contributed by atoms with E-state index in [4.69, 9.17) is 4.99 Å². The molecule has 0 bridgehead atoms. The van der Waals surface area contributed by atoms with Crippen LogP contribution in [0.5, 0.6) is 0 Å². The minimum atomic E-state index is -0.296. The van der Waals surface area contributed by atoms with Gasteiger partial charge in [0.15, 0.2) is 0 Å². The summed E-state index contributed by atoms with van der Waals surface area (Å²) in [7, 11) is 0. The molecule has 50 heavy (non-hydrogen) atoms. The number of aromatic nitrogens is 1. The van der Waals surface area contributed by atoms with Crippen LogP contribution in [0.25, 0.3) is 81.1 Å². The van der Waals surface area contributed by atoms with E-state index >= 15 is 0 Å². The van der Waals surface area contributed by atoms with Crippen molar-refractivity contribution in [3.05, 3.63) is 175 Å². The fourth-order valence-corrected chi connectivity index (χ4v) is 8.73. The van der Waals surface area contributed by atoms with Gasteiger partial charge in [0.25, 0.3) is 0 Å². The van der Waals surface area contributed by atoms with Gasteiger partial charge in [0.2, 0.25) is 6.29 Å². The Morgan fingerprint density at radius 1 is 0.480 bits per heavy atom. The van der Waals surface area contributed by atoms with Crippen molar-refractivity contribution < 1.29 is 0 Å². The van der Waals surface area contributed by atoms with E-state index < -0.39 is 0 Å². The average molecular weight is 658 g/mol. The van der Waals surface area contributed by atoms with Crippen LogP contribution in [0.4, 0.5) is 0 Å². The largest absolute Gasteiger partial charge is 0.346 e. The zero-order valence-electron chi connectivity index (χ0n) is 27.1. The summed E-state index contributed by atoms with van der Waals surface area (Å²) in [5, 5.41) is 8.86. The van der Waals surface area contributed by atoms with Crippen LogP contribution in [-0.4, -0.2) is 10.8 Å². The Morgan fingerprint density at radius 3 is 1.98 bits per heavy atom. The third kappa shape index (κ3) is 4.76. The van der Waals surface area contributed by atoms with Crippen LogP contribution in [-0.2, 0) is 0 Å². The highest BCUT2D eigenvalue weighted by Crippen LogP contribution is 2.42. The van der Waals surface area contributed by atoms with Gasteiger partial charge in [-0.05, 0) is 69.3 Å². The Balaban J connectivity index is 1.01. The maximum absolute atomic E-state index is 4.99. The standard InChI is InChI=1S/C46H31N3S/c1-2-10-30(11-3-1)33-12-8-13-34(28-33)31-20-22-32(23-21-31)41-26-27-47-46(48-41)49-42-18-6-4-14-37(42)38-25-24-35(29-43(38)49)36-16-9-17-40-39-15-5-7-19-44(39)50-45(36)40/h1-29,46,48H. The average Bonchev–Trinajstić information content (AvgIpc) is 3.74. The zero-order valence-corrected chi connectivity index (χ0v) is 27.9. The lowest BCUT2D eigenvalue weighted by molar-refractivity contribution is 0.510. The molecule has 1 aliphatic heterocycles. The molecule has 0 fully saturated rings. The molecule has 9 aromatic rings. The molecular formula is C46H31N3S. The lowest BCUT2D eigenvalue weighted by Crippen LogP contribution is -2.26. The number of rotatable bonds is 5. The van der Waals surface area contributed by atoms with E-state index in [2.05, 4.69) is 180 Å². The van der Waals surface area contributed by atoms with Crippen molar-refractivity contribution in [1.82, 2.24) is 9.88 Å². The molecule has 0 saturated carbocycles. The molecule has 236 valence electrons. The van der Waals surface area contributed by atoms with E-state index in [9.17, 15) is 0 Å². The number of fused-ring (bicyclic) bond motifs is 6. The first-order valence-electron chi connectivity index (χ1n) is 17.0. The first-order chi connectivity index (χ1) is 24.8. The smallest absolute Gasteiger partial charge is 0.200 e. The second-order valence-corrected chi connectivity index (χ2v) is 13.9. The van der Waals surface area contributed by atoms with E-state index in [0.29, 0.717) is 0 Å². The minimum absolute atomic E-state index is 0.296. The van der Waals surface area contributed by atoms with Gasteiger partial charge < -0.3 is 9.88 Å². The lowest BCUT2D eigenvalue weighted by atomic mass is 9.98. The third-order valence-electron chi connectivity index (χ3n) is 9.92. The third-order valence-corrected chi connectivity index (χ3v) is 11.1. The number of hydrogen-bond acceptors (Lipinski definition) is 3. The predicted octanol–water partition coefficient (Wildman–Crippen LogP) is 12.3. The Kier molecular flexibility index (Phi) is 6.74. The molecule has 7 aromatic carbocycles. The molecule has 0 spiro atoms. The molecule has 2 aromatic heterocycles. The first-order valence-corrected chi connectivity index (χ1v) is 17.8. The number of nitrogens with one attached hydrogen (secondary N) is 1. The molecular weight excluding hydrogens is 627 g/mol. The van der Waals surface area contributed by atoms with Gasteiger partial charge in [-0.1, -0.05) is 140 Å². The second-order valence-electron chi connectivity index (χ2n) is 12.8. The molecule has 1 atom stereocenters. The van der Waals surface area contributed by atoms with Crippen molar-refractivity contribution in [2.75, 3.05) is 0 Å². The first kappa shape index (κ1) is 28.8. The number of thiophene rings is 1. The number of aliphatic imine (C=N–C) groups is 1. The van der Waals surface area contributed by atoms with Crippen LogP contribution < -0.4 is 5.32 Å². The number of nitrogens with zero attached hydrogens (tertiary/aromatic N) is 2. The number of hydrogen-bond donors (Lipinski definition) is 1. The van der Waals surface area contributed by atoms with E-state index in [0.717, 1.165) is 22.3 Å². The molecule has 0 radical (unpaired) electrons. The topological polar surface area (TPSA) is 29.3 Å². The summed E-state index contributed by atoms with van der Waals surface area (Å²) in [4.78, 5) is 4.99. The van der Waals surface area contributed by atoms with Crippen molar-refractivity contribution in [2.45, 2.75) is 6.29 Å². The highest BCUT2D eigenvalue weighted by Gasteiger charge is 2.21. The van der Waals surface area contributed by atoms with Gasteiger partial charge in [0.1, 0.15) is 0 Å². The number of allylic oxidation sites excluding steroid dienone is 1. The normalized spacial score (nSPS) is 14.4. The van der Waals surface area contributed by atoms with Gasteiger partial charge in [-0.2, -0.15) is 0 Å². The van der Waals surface area contributed by atoms with Crippen LogP contribution in [0.3, 0.4) is 0 Å². The van der Waals surface area contributed by atoms with Gasteiger partial charge in [0, 0.05) is 42.9 Å². The van der Waals surface area contributed by atoms with E-state index in [1.54, 1.807) is 0 Å². The van der Waals surface area contributed by atoms with Gasteiger partial charge in [-0.25, -0.2) is 4.99 Å². The molecule has 1 aliphatic rings. The Bertz CT molecular complexity index is 2780. The fourth-order valence-electron chi connectivity index (χ4n) is 7.49. The summed E-state index contributed by atoms with van der Waals surface area (Å²) in [5.74, 6) is 0. The molecule has 3 nitrogen and oxygen atoms in total. The zero-order chi connectivity index (χ0) is 33.0. The second kappa shape index (κ2) is 11.7. The Hall–Kier alpha value is -6.23. The van der Waals surface area contributed by atoms with Crippen LogP contribution in [0.1, 0.15) is 11.9 Å². The van der Waals surface area contributed by atoms with Gasteiger partial charge in [0.05, 0.1) is 11.0 Å². The van der Waals surface area contributed by atoms with E-state index in [1.807, 2.05) is 17.6 Å². The summed E-state index contributed by atoms with van der Waals surface area (Å²) in [6, 6.07) is 59.1. The molecule has 1 unspecified atom stereocenters. The van der Waals surface area contributed by atoms with Crippen molar-refractivity contribution in [1.29, 1.82) is 0 Å². The van der Waals surface area contributed by atoms with E-state index in [1.165, 1.54) is 64.3 Å². The number of benzene rings is 7. The van der Waals surface area contributed by atoms with Crippen molar-refractivity contribution in [2.24, 2.45) is 4.99 Å². The maximum atomic E-state index is 4.99. The quantitative estimate of drug-likeness (QED) is 0.196. The van der Waals surface area contributed by atoms with Crippen molar-refractivity contribution >= 4 is 65.2 Å². The summed E-state index contributed by atoms with van der Waals surface area (Å²) in [6.07, 6.45) is 3.72. The Morgan fingerprint density at radius 2 is 1.12 bits per heavy atom. The van der Waals surface area contributed by atoms with Crippen LogP contribution >= 0.6 is 11.3 Å². The molecule has 0 aliphatic carbocycles. The number of para-hydroxylation sites is 1. The highest BCUT2D eigenvalue weighted by atomic mass is 32.1. The summed E-state index contributed by atoms with van der Waals surface area (Å²) < 4.78 is 5.00. The minimum Gasteiger partial charge on any atom is -0.346 e. The van der Waals surface area contributed by atoms with E-state index in [-0.39, 0.29) is 6.29 Å². The Labute approximate surface area is 294 Å². The molecule has 3 heterocycles. The van der Waals surface area contributed by atoms with Gasteiger partial charge in [-0.3, -0.25) is 0 Å². The molecule has 0 amide bonds. The summed E-state index contributed by atoms with van der Waals surface area (Å²) in [6.45, 7) is 0. The van der Waals surface area contributed by atoms with Gasteiger partial charge >= 0.3 is 0 Å². The molecule has 1 N–H and O–H groups in total. The molecule has 10 rings (SSSR count). The van der Waals surface area contributed by atoms with Crippen molar-refractivity contribution in [3.63, 3.8) is 0 Å². The highest BCUT2D eigenvalue weighted by molar-refractivity contribution is 7.26. The lowest BCUT2D eigenvalue weighted by Gasteiger charge is -2.24. The fraction of sp³-hybridized carbons (Fsp3) is 0.0217. The van der Waals surface area contributed by atoms with Crippen LogP contribution in [0.2, 0.25) is 0 Å². The van der Waals surface area contributed by atoms with Crippen molar-refractivity contribution in [3.8, 4) is 33.4 Å². The monoisotopic (exact) mass is 657 g/mol. The summed E-state index contributed by atoms with van der Waals surface area (Å²) >= 11 is 1.87. The predicted molar refractivity (Wildman–Crippen MR) is 214 cm³/mol. The van der Waals surface area contributed by atoms with Crippen LogP contribution in [0.15, 0.2) is 175 Å². The maximum Gasteiger partial charge on any atom is 0.200 e. The van der Waals surface area contributed by atoms with Crippen LogP contribution in [0, 0.1) is 0 Å². The van der Waals surface area contributed by atoms with Gasteiger partial charge in [-0.15, -0.1) is 11.3 Å². The SMILES string of the molecule is C1=NC(n2c3ccccc3c3ccc(-c4cccc5c4sc4ccccc45)cc32)NC(c2ccc(-c3cccc(-c4ccccc4)c3)cc2)=C1. The molecule has 4 heteroatoms. The summed E-state index contributed by atoms with van der Waals surface area (Å²) in [5.41, 5.74) is 11.8. The molecule has 0 saturated heterocycles.